The van der Waals surface area contributed by atoms with E-state index in [0.717, 1.165) is 5.56 Å². The molecule has 0 unspecified atom stereocenters. The molecule has 10 heteroatoms. The lowest BCUT2D eigenvalue weighted by Crippen LogP contribution is -2.24. The van der Waals surface area contributed by atoms with Crippen LogP contribution in [0.1, 0.15) is 49.8 Å². The molecule has 39 heavy (non-hydrogen) atoms. The number of terminal acetylenes is 1. The highest BCUT2D eigenvalue weighted by molar-refractivity contribution is 6.26. The molecule has 0 saturated heterocycles. The van der Waals surface area contributed by atoms with Gasteiger partial charge >= 0.3 is 12.1 Å². The number of carbonyl (C=O) groups excluding carboxylic acids is 2. The van der Waals surface area contributed by atoms with E-state index in [0.29, 0.717) is 17.6 Å². The fourth-order valence-electron chi connectivity index (χ4n) is 3.60. The minimum Gasteiger partial charge on any atom is -0.494 e. The molecule has 0 aliphatic heterocycles. The number of anilines is 1. The average Bonchev–Trinajstić information content (AvgIpc) is 2.87. The third-order valence-electron chi connectivity index (χ3n) is 5.33. The standard InChI is InChI=1S/C27H30F5NO4.C2H2/c1-4-21(18-9-7-17(3)8-10-18)24(26(35)36-5-2)25(34)33-22-12-11-20(15-19(22)16-23(28)29)37-14-6-13-27(30,31)32;1-2/h7-12,15,23H,4-6,13-14,16H2,1-3H3,(H,33,34);1-2H/b24-21-;. The fourth-order valence-corrected chi connectivity index (χ4v) is 3.60. The Labute approximate surface area is 225 Å². The second-order valence-electron chi connectivity index (χ2n) is 8.23. The lowest BCUT2D eigenvalue weighted by molar-refractivity contribution is -0.140. The number of esters is 1. The highest BCUT2D eigenvalue weighted by atomic mass is 19.4. The van der Waals surface area contributed by atoms with Crippen molar-refractivity contribution in [2.45, 2.75) is 59.1 Å². The van der Waals surface area contributed by atoms with Crippen molar-refractivity contribution >= 4 is 23.1 Å². The van der Waals surface area contributed by atoms with Crippen molar-refractivity contribution in [1.29, 1.82) is 0 Å². The number of carbonyl (C=O) groups is 2. The summed E-state index contributed by atoms with van der Waals surface area (Å²) in [6.45, 7) is 5.03. The Morgan fingerprint density at radius 3 is 2.21 bits per heavy atom. The van der Waals surface area contributed by atoms with Gasteiger partial charge in [0.15, 0.2) is 0 Å². The topological polar surface area (TPSA) is 64.6 Å². The van der Waals surface area contributed by atoms with Gasteiger partial charge in [0.25, 0.3) is 5.91 Å². The van der Waals surface area contributed by atoms with E-state index in [1.165, 1.54) is 18.2 Å². The zero-order chi connectivity index (χ0) is 29.6. The van der Waals surface area contributed by atoms with E-state index < -0.39 is 37.3 Å². The van der Waals surface area contributed by atoms with Crippen LogP contribution in [-0.4, -0.2) is 37.7 Å². The summed E-state index contributed by atoms with van der Waals surface area (Å²) in [5.41, 5.74) is 1.84. The monoisotopic (exact) mass is 553 g/mol. The lowest BCUT2D eigenvalue weighted by atomic mass is 9.96. The molecule has 2 aromatic carbocycles. The number of rotatable bonds is 12. The Hall–Kier alpha value is -3.87. The first-order chi connectivity index (χ1) is 18.4. The predicted molar refractivity (Wildman–Crippen MR) is 140 cm³/mol. The van der Waals surface area contributed by atoms with Gasteiger partial charge in [0.2, 0.25) is 6.43 Å². The van der Waals surface area contributed by atoms with Gasteiger partial charge < -0.3 is 14.8 Å². The molecule has 0 saturated carbocycles. The van der Waals surface area contributed by atoms with Crippen LogP contribution in [0.3, 0.4) is 0 Å². The number of aryl methyl sites for hydroxylation is 1. The fraction of sp³-hybridized carbons (Fsp3) is 0.379. The van der Waals surface area contributed by atoms with E-state index >= 15 is 0 Å². The number of nitrogens with one attached hydrogen (secondary N) is 1. The molecule has 2 rings (SSSR count). The van der Waals surface area contributed by atoms with Crippen molar-refractivity contribution in [2.24, 2.45) is 0 Å². The number of amides is 1. The zero-order valence-corrected chi connectivity index (χ0v) is 22.0. The Morgan fingerprint density at radius 2 is 1.67 bits per heavy atom. The number of hydrogen-bond donors (Lipinski definition) is 1. The molecule has 2 aromatic rings. The van der Waals surface area contributed by atoms with E-state index in [-0.39, 0.29) is 42.2 Å². The van der Waals surface area contributed by atoms with Crippen molar-refractivity contribution in [3.05, 3.63) is 64.7 Å². The van der Waals surface area contributed by atoms with Crippen molar-refractivity contribution in [3.8, 4) is 18.6 Å². The molecule has 0 aliphatic rings. The van der Waals surface area contributed by atoms with Crippen LogP contribution in [0.5, 0.6) is 5.75 Å². The van der Waals surface area contributed by atoms with Crippen LogP contribution in [0.4, 0.5) is 27.6 Å². The smallest absolute Gasteiger partial charge is 0.389 e. The normalized spacial score (nSPS) is 11.7. The summed E-state index contributed by atoms with van der Waals surface area (Å²) in [6, 6.07) is 11.1. The Bertz CT molecular complexity index is 1140. The van der Waals surface area contributed by atoms with E-state index in [9.17, 15) is 31.5 Å². The third kappa shape index (κ3) is 11.2. The van der Waals surface area contributed by atoms with Crippen LogP contribution < -0.4 is 10.1 Å². The summed E-state index contributed by atoms with van der Waals surface area (Å²) in [5.74, 6) is -1.59. The maximum atomic E-state index is 13.3. The molecule has 0 heterocycles. The van der Waals surface area contributed by atoms with Crippen LogP contribution in [0.25, 0.3) is 5.57 Å². The van der Waals surface area contributed by atoms with Gasteiger partial charge in [0.1, 0.15) is 11.3 Å². The van der Waals surface area contributed by atoms with Crippen LogP contribution >= 0.6 is 0 Å². The molecule has 1 N–H and O–H groups in total. The lowest BCUT2D eigenvalue weighted by Gasteiger charge is -2.17. The summed E-state index contributed by atoms with van der Waals surface area (Å²) in [4.78, 5) is 26.1. The first-order valence-corrected chi connectivity index (χ1v) is 12.2. The number of alkyl halides is 5. The van der Waals surface area contributed by atoms with Gasteiger partial charge in [-0.2, -0.15) is 13.2 Å². The first-order valence-electron chi connectivity index (χ1n) is 12.2. The second kappa shape index (κ2) is 16.2. The summed E-state index contributed by atoms with van der Waals surface area (Å²) >= 11 is 0. The van der Waals surface area contributed by atoms with Crippen LogP contribution in [0, 0.1) is 19.8 Å². The van der Waals surface area contributed by atoms with Crippen molar-refractivity contribution in [3.63, 3.8) is 0 Å². The maximum absolute atomic E-state index is 13.3. The van der Waals surface area contributed by atoms with Gasteiger partial charge in [-0.15, -0.1) is 12.8 Å². The Kier molecular flexibility index (Phi) is 13.7. The first kappa shape index (κ1) is 33.2. The number of hydrogen-bond acceptors (Lipinski definition) is 4. The zero-order valence-electron chi connectivity index (χ0n) is 22.0. The molecule has 212 valence electrons. The summed E-state index contributed by atoms with van der Waals surface area (Å²) in [5, 5.41) is 2.53. The molecule has 1 amide bonds. The minimum atomic E-state index is -4.32. The van der Waals surface area contributed by atoms with Crippen LogP contribution in [0.2, 0.25) is 0 Å². The largest absolute Gasteiger partial charge is 0.494 e. The van der Waals surface area contributed by atoms with Gasteiger partial charge in [-0.05, 0) is 61.6 Å². The summed E-state index contributed by atoms with van der Waals surface area (Å²) in [6.07, 6.45) is -0.841. The van der Waals surface area contributed by atoms with Gasteiger partial charge in [-0.25, -0.2) is 13.6 Å². The van der Waals surface area contributed by atoms with E-state index in [4.69, 9.17) is 9.47 Å². The SMILES string of the molecule is C#C.CCOC(=O)/C(C(=O)Nc1ccc(OCCCC(F)(F)F)cc1CC(F)F)=C(/CC)c1ccc(C)cc1. The average molecular weight is 554 g/mol. The molecule has 0 aliphatic carbocycles. The van der Waals surface area contributed by atoms with Crippen molar-refractivity contribution in [2.75, 3.05) is 18.5 Å². The van der Waals surface area contributed by atoms with E-state index in [1.54, 1.807) is 26.0 Å². The molecule has 0 bridgehead atoms. The summed E-state index contributed by atoms with van der Waals surface area (Å²) < 4.78 is 73.9. The van der Waals surface area contributed by atoms with E-state index in [2.05, 4.69) is 18.2 Å². The van der Waals surface area contributed by atoms with Gasteiger partial charge in [0.05, 0.1) is 13.2 Å². The number of allylic oxidation sites excluding steroid dienone is 1. The molecule has 0 atom stereocenters. The van der Waals surface area contributed by atoms with Crippen LogP contribution in [0.15, 0.2) is 48.0 Å². The number of benzene rings is 2. The maximum Gasteiger partial charge on any atom is 0.389 e. The van der Waals surface area contributed by atoms with Gasteiger partial charge in [-0.1, -0.05) is 36.8 Å². The third-order valence-corrected chi connectivity index (χ3v) is 5.33. The molecule has 5 nitrogen and oxygen atoms in total. The highest BCUT2D eigenvalue weighted by Gasteiger charge is 2.27. The van der Waals surface area contributed by atoms with Gasteiger partial charge in [0, 0.05) is 18.5 Å². The summed E-state index contributed by atoms with van der Waals surface area (Å²) in [7, 11) is 0. The molecular weight excluding hydrogens is 521 g/mol. The second-order valence-corrected chi connectivity index (χ2v) is 8.23. The molecule has 0 spiro atoms. The minimum absolute atomic E-state index is 0.00765. The highest BCUT2D eigenvalue weighted by Crippen LogP contribution is 2.29. The predicted octanol–water partition coefficient (Wildman–Crippen LogP) is 7.14. The van der Waals surface area contributed by atoms with E-state index in [1.807, 2.05) is 19.1 Å². The van der Waals surface area contributed by atoms with Crippen molar-refractivity contribution in [1.82, 2.24) is 0 Å². The molecular formula is C29H32F5NO4. The Morgan fingerprint density at radius 1 is 1.03 bits per heavy atom. The number of halogens is 5. The Balaban J connectivity index is 0.00000371. The number of ether oxygens (including phenoxy) is 2. The van der Waals surface area contributed by atoms with Crippen molar-refractivity contribution < 1.29 is 41.0 Å². The quantitative estimate of drug-likeness (QED) is 0.0577. The molecule has 0 radical (unpaired) electrons. The van der Waals surface area contributed by atoms with Gasteiger partial charge in [-0.3, -0.25) is 4.79 Å². The van der Waals surface area contributed by atoms with Crippen LogP contribution in [-0.2, 0) is 20.7 Å². The molecule has 0 fully saturated rings. The molecule has 0 aromatic heterocycles.